The summed E-state index contributed by atoms with van der Waals surface area (Å²) in [6, 6.07) is 6.23. The van der Waals surface area contributed by atoms with E-state index in [-0.39, 0.29) is 5.91 Å². The molecule has 0 aromatic heterocycles. The van der Waals surface area contributed by atoms with Crippen LogP contribution in [0.3, 0.4) is 0 Å². The number of thioether (sulfide) groups is 1. The maximum atomic E-state index is 12.1. The Bertz CT molecular complexity index is 483. The fraction of sp³-hybridized carbons (Fsp3) is 0.562. The lowest BCUT2D eigenvalue weighted by Crippen LogP contribution is -2.20. The molecule has 0 unspecified atom stereocenters. The summed E-state index contributed by atoms with van der Waals surface area (Å²) in [5, 5.41) is 6.46. The second-order valence-corrected chi connectivity index (χ2v) is 6.94. The van der Waals surface area contributed by atoms with Gasteiger partial charge in [0.05, 0.1) is 0 Å². The van der Waals surface area contributed by atoms with Gasteiger partial charge in [0.15, 0.2) is 0 Å². The van der Waals surface area contributed by atoms with E-state index in [1.165, 1.54) is 42.0 Å². The van der Waals surface area contributed by atoms with E-state index in [1.54, 1.807) is 0 Å². The van der Waals surface area contributed by atoms with E-state index in [2.05, 4.69) is 22.8 Å². The van der Waals surface area contributed by atoms with Gasteiger partial charge in [0.25, 0.3) is 0 Å². The van der Waals surface area contributed by atoms with Gasteiger partial charge in [-0.3, -0.25) is 4.79 Å². The van der Waals surface area contributed by atoms with Crippen LogP contribution >= 0.6 is 11.8 Å². The van der Waals surface area contributed by atoms with Crippen LogP contribution in [0.25, 0.3) is 0 Å². The van der Waals surface area contributed by atoms with E-state index >= 15 is 0 Å². The van der Waals surface area contributed by atoms with Crippen LogP contribution in [-0.2, 0) is 11.2 Å². The third kappa shape index (κ3) is 3.48. The molecule has 0 radical (unpaired) electrons. The lowest BCUT2D eigenvalue weighted by Gasteiger charge is -2.21. The first kappa shape index (κ1) is 13.8. The van der Waals surface area contributed by atoms with Crippen molar-refractivity contribution in [2.24, 2.45) is 5.92 Å². The Balaban J connectivity index is 1.58. The van der Waals surface area contributed by atoms with Gasteiger partial charge in [0.2, 0.25) is 5.91 Å². The first-order chi connectivity index (χ1) is 9.81. The molecule has 2 N–H and O–H groups in total. The van der Waals surface area contributed by atoms with Gasteiger partial charge >= 0.3 is 0 Å². The summed E-state index contributed by atoms with van der Waals surface area (Å²) >= 11 is 2.01. The van der Waals surface area contributed by atoms with Crippen LogP contribution in [0.15, 0.2) is 18.2 Å². The maximum absolute atomic E-state index is 12.1. The van der Waals surface area contributed by atoms with Crippen LogP contribution in [0.5, 0.6) is 0 Å². The smallest absolute Gasteiger partial charge is 0.224 e. The zero-order chi connectivity index (χ0) is 13.8. The zero-order valence-corrected chi connectivity index (χ0v) is 12.6. The minimum Gasteiger partial charge on any atom is -0.385 e. The molecule has 20 heavy (non-hydrogen) atoms. The summed E-state index contributed by atoms with van der Waals surface area (Å²) in [5.74, 6) is 3.16. The van der Waals surface area contributed by atoms with Crippen molar-refractivity contribution in [3.05, 3.63) is 23.8 Å². The monoisotopic (exact) mass is 290 g/mol. The van der Waals surface area contributed by atoms with Crippen molar-refractivity contribution in [2.75, 3.05) is 28.7 Å². The van der Waals surface area contributed by atoms with E-state index in [0.29, 0.717) is 12.3 Å². The van der Waals surface area contributed by atoms with E-state index in [9.17, 15) is 4.79 Å². The Labute approximate surface area is 124 Å². The molecule has 2 heterocycles. The molecular weight excluding hydrogens is 268 g/mol. The predicted molar refractivity (Wildman–Crippen MR) is 86.5 cm³/mol. The Morgan fingerprint density at radius 2 is 2.20 bits per heavy atom. The molecule has 3 nitrogen and oxygen atoms in total. The molecule has 0 saturated carbocycles. The van der Waals surface area contributed by atoms with Crippen molar-refractivity contribution in [1.82, 2.24) is 0 Å². The molecule has 1 aromatic rings. The van der Waals surface area contributed by atoms with Crippen LogP contribution in [0.2, 0.25) is 0 Å². The highest BCUT2D eigenvalue weighted by molar-refractivity contribution is 7.99. The minimum atomic E-state index is 0.164. The molecule has 1 fully saturated rings. The Hall–Kier alpha value is -1.16. The van der Waals surface area contributed by atoms with Crippen LogP contribution in [0, 0.1) is 5.92 Å². The highest BCUT2D eigenvalue weighted by Gasteiger charge is 2.17. The van der Waals surface area contributed by atoms with Crippen molar-refractivity contribution in [2.45, 2.75) is 32.1 Å². The average molecular weight is 290 g/mol. The van der Waals surface area contributed by atoms with Gasteiger partial charge < -0.3 is 10.6 Å². The van der Waals surface area contributed by atoms with E-state index in [0.717, 1.165) is 18.7 Å². The number of rotatable bonds is 3. The van der Waals surface area contributed by atoms with Crippen LogP contribution < -0.4 is 10.6 Å². The fourth-order valence-electron chi connectivity index (χ4n) is 2.96. The van der Waals surface area contributed by atoms with Crippen molar-refractivity contribution in [3.63, 3.8) is 0 Å². The van der Waals surface area contributed by atoms with Crippen LogP contribution in [0.4, 0.5) is 11.4 Å². The Morgan fingerprint density at radius 1 is 1.35 bits per heavy atom. The highest BCUT2D eigenvalue weighted by atomic mass is 32.2. The van der Waals surface area contributed by atoms with Gasteiger partial charge in [-0.05, 0) is 60.8 Å². The number of hydrogen-bond acceptors (Lipinski definition) is 3. The number of nitrogens with one attached hydrogen (secondary N) is 2. The summed E-state index contributed by atoms with van der Waals surface area (Å²) in [6.07, 6.45) is 5.37. The van der Waals surface area contributed by atoms with Gasteiger partial charge in [-0.2, -0.15) is 11.8 Å². The Morgan fingerprint density at radius 3 is 3.05 bits per heavy atom. The highest BCUT2D eigenvalue weighted by Crippen LogP contribution is 2.27. The quantitative estimate of drug-likeness (QED) is 0.895. The number of carbonyl (C=O) groups excluding carboxylic acids is 1. The van der Waals surface area contributed by atoms with Crippen molar-refractivity contribution < 1.29 is 4.79 Å². The molecule has 0 atom stereocenters. The molecule has 0 bridgehead atoms. The van der Waals surface area contributed by atoms with Gasteiger partial charge in [-0.1, -0.05) is 6.07 Å². The fourth-order valence-corrected chi connectivity index (χ4v) is 4.17. The topological polar surface area (TPSA) is 41.1 Å². The number of fused-ring (bicyclic) bond motifs is 1. The SMILES string of the molecule is O=C(CC1CCSCC1)Nc1ccc2c(c1)NCCC2. The number of benzene rings is 1. The van der Waals surface area contributed by atoms with Crippen molar-refractivity contribution in [1.29, 1.82) is 0 Å². The summed E-state index contributed by atoms with van der Waals surface area (Å²) in [4.78, 5) is 12.1. The van der Waals surface area contributed by atoms with Crippen LogP contribution in [-0.4, -0.2) is 24.0 Å². The van der Waals surface area contributed by atoms with Gasteiger partial charge in [-0.15, -0.1) is 0 Å². The zero-order valence-electron chi connectivity index (χ0n) is 11.8. The molecule has 0 aliphatic carbocycles. The molecule has 4 heteroatoms. The average Bonchev–Trinajstić information content (AvgIpc) is 2.48. The Kier molecular flexibility index (Phi) is 4.51. The normalized spacial score (nSPS) is 19.0. The minimum absolute atomic E-state index is 0.164. The largest absolute Gasteiger partial charge is 0.385 e. The lowest BCUT2D eigenvalue weighted by atomic mass is 9.98. The predicted octanol–water partition coefficient (Wildman–Crippen LogP) is 3.52. The number of anilines is 2. The lowest BCUT2D eigenvalue weighted by molar-refractivity contribution is -0.117. The standard InChI is InChI=1S/C16H22N2OS/c19-16(10-12-5-8-20-9-6-12)18-14-4-3-13-2-1-7-17-15(13)11-14/h3-4,11-12,17H,1-2,5-10H2,(H,18,19). The number of aryl methyl sites for hydroxylation is 1. The first-order valence-electron chi connectivity index (χ1n) is 7.55. The van der Waals surface area contributed by atoms with Gasteiger partial charge in [0.1, 0.15) is 0 Å². The molecule has 1 aromatic carbocycles. The second kappa shape index (κ2) is 6.53. The number of hydrogen-bond donors (Lipinski definition) is 2. The summed E-state index contributed by atoms with van der Waals surface area (Å²) in [7, 11) is 0. The molecule has 0 spiro atoms. The van der Waals surface area contributed by atoms with Crippen LogP contribution in [0.1, 0.15) is 31.2 Å². The second-order valence-electron chi connectivity index (χ2n) is 5.71. The molecule has 1 saturated heterocycles. The first-order valence-corrected chi connectivity index (χ1v) is 8.71. The third-order valence-electron chi connectivity index (χ3n) is 4.15. The van der Waals surface area contributed by atoms with Crippen molar-refractivity contribution in [3.8, 4) is 0 Å². The van der Waals surface area contributed by atoms with Crippen molar-refractivity contribution >= 4 is 29.0 Å². The third-order valence-corrected chi connectivity index (χ3v) is 5.20. The summed E-state index contributed by atoms with van der Waals surface area (Å²) in [6.45, 7) is 1.03. The summed E-state index contributed by atoms with van der Waals surface area (Å²) < 4.78 is 0. The molecule has 1 amide bonds. The molecule has 3 rings (SSSR count). The molecular formula is C16H22N2OS. The van der Waals surface area contributed by atoms with Gasteiger partial charge in [-0.25, -0.2) is 0 Å². The maximum Gasteiger partial charge on any atom is 0.224 e. The summed E-state index contributed by atoms with van der Waals surface area (Å²) in [5.41, 5.74) is 3.47. The van der Waals surface area contributed by atoms with Gasteiger partial charge in [0, 0.05) is 24.3 Å². The van der Waals surface area contributed by atoms with E-state index in [1.807, 2.05) is 17.8 Å². The number of carbonyl (C=O) groups is 1. The molecule has 108 valence electrons. The molecule has 2 aliphatic rings. The van der Waals surface area contributed by atoms with E-state index in [4.69, 9.17) is 0 Å². The number of amides is 1. The molecule has 2 aliphatic heterocycles. The van der Waals surface area contributed by atoms with E-state index < -0.39 is 0 Å².